The minimum Gasteiger partial charge on any atom is -0.490 e. The van der Waals surface area contributed by atoms with Gasteiger partial charge in [0, 0.05) is 19.8 Å². The summed E-state index contributed by atoms with van der Waals surface area (Å²) < 4.78 is 16.9. The van der Waals surface area contributed by atoms with Gasteiger partial charge in [-0.2, -0.15) is 0 Å². The van der Waals surface area contributed by atoms with Crippen molar-refractivity contribution in [1.82, 2.24) is 5.32 Å². The molecule has 2 fully saturated rings. The predicted octanol–water partition coefficient (Wildman–Crippen LogP) is 2.15. The number of ether oxygens (including phenoxy) is 3. The molecule has 2 saturated heterocycles. The van der Waals surface area contributed by atoms with Gasteiger partial charge in [0.15, 0.2) is 0 Å². The molecule has 1 N–H and O–H groups in total. The summed E-state index contributed by atoms with van der Waals surface area (Å²) in [5.74, 6) is 0.501. The largest absolute Gasteiger partial charge is 0.490 e. The zero-order chi connectivity index (χ0) is 15.2. The quantitative estimate of drug-likeness (QED) is 0.875. The van der Waals surface area contributed by atoms with Gasteiger partial charge in [0.1, 0.15) is 12.4 Å². The lowest BCUT2D eigenvalue weighted by molar-refractivity contribution is 0.0668. The second-order valence-electron chi connectivity index (χ2n) is 5.79. The maximum absolute atomic E-state index is 12.3. The first-order chi connectivity index (χ1) is 10.8. The highest BCUT2D eigenvalue weighted by Crippen LogP contribution is 2.20. The van der Waals surface area contributed by atoms with Crippen LogP contribution < -0.4 is 10.1 Å². The summed E-state index contributed by atoms with van der Waals surface area (Å²) in [5.41, 5.74) is 0.568. The van der Waals surface area contributed by atoms with Gasteiger partial charge in [-0.25, -0.2) is 0 Å². The van der Waals surface area contributed by atoms with E-state index < -0.39 is 0 Å². The number of hydrogen-bond donors (Lipinski definition) is 1. The number of rotatable bonds is 6. The summed E-state index contributed by atoms with van der Waals surface area (Å²) in [6, 6.07) is 7.34. The molecule has 0 aliphatic carbocycles. The third-order valence-electron chi connectivity index (χ3n) is 4.09. The van der Waals surface area contributed by atoms with Crippen molar-refractivity contribution in [3.05, 3.63) is 29.8 Å². The number of amides is 1. The highest BCUT2D eigenvalue weighted by molar-refractivity contribution is 5.96. The van der Waals surface area contributed by atoms with E-state index in [-0.39, 0.29) is 18.1 Å². The fourth-order valence-corrected chi connectivity index (χ4v) is 2.85. The van der Waals surface area contributed by atoms with E-state index in [1.165, 1.54) is 0 Å². The van der Waals surface area contributed by atoms with Crippen molar-refractivity contribution in [3.8, 4) is 5.75 Å². The topological polar surface area (TPSA) is 56.8 Å². The fraction of sp³-hybridized carbons (Fsp3) is 0.588. The van der Waals surface area contributed by atoms with Crippen LogP contribution in [0.4, 0.5) is 0 Å². The molecule has 2 aliphatic heterocycles. The van der Waals surface area contributed by atoms with Gasteiger partial charge in [-0.15, -0.1) is 0 Å². The Morgan fingerprint density at radius 1 is 1.14 bits per heavy atom. The molecule has 0 spiro atoms. The van der Waals surface area contributed by atoms with E-state index in [9.17, 15) is 4.79 Å². The van der Waals surface area contributed by atoms with Crippen LogP contribution in [0.15, 0.2) is 24.3 Å². The molecule has 5 heteroatoms. The Balaban J connectivity index is 1.55. The molecule has 120 valence electrons. The molecule has 0 radical (unpaired) electrons. The highest BCUT2D eigenvalue weighted by atomic mass is 16.5. The second-order valence-corrected chi connectivity index (χ2v) is 5.79. The van der Waals surface area contributed by atoms with E-state index >= 15 is 0 Å². The third kappa shape index (κ3) is 3.99. The molecule has 2 heterocycles. The molecule has 3 rings (SSSR count). The number of para-hydroxylation sites is 1. The second kappa shape index (κ2) is 7.61. The maximum atomic E-state index is 12.3. The molecule has 1 amide bonds. The summed E-state index contributed by atoms with van der Waals surface area (Å²) in [6.07, 6.45) is 4.47. The van der Waals surface area contributed by atoms with Crippen molar-refractivity contribution in [3.63, 3.8) is 0 Å². The van der Waals surface area contributed by atoms with Gasteiger partial charge < -0.3 is 19.5 Å². The average Bonchev–Trinajstić information content (AvgIpc) is 3.24. The van der Waals surface area contributed by atoms with Crippen LogP contribution in [0.25, 0.3) is 0 Å². The molecule has 2 aliphatic rings. The first-order valence-electron chi connectivity index (χ1n) is 8.06. The predicted molar refractivity (Wildman–Crippen MR) is 82.2 cm³/mol. The van der Waals surface area contributed by atoms with E-state index in [2.05, 4.69) is 5.32 Å². The van der Waals surface area contributed by atoms with Crippen LogP contribution in [0.3, 0.4) is 0 Å². The Morgan fingerprint density at radius 3 is 2.59 bits per heavy atom. The molecule has 2 atom stereocenters. The monoisotopic (exact) mass is 305 g/mol. The van der Waals surface area contributed by atoms with Crippen LogP contribution >= 0.6 is 0 Å². The molecule has 1 aromatic rings. The smallest absolute Gasteiger partial charge is 0.255 e. The van der Waals surface area contributed by atoms with E-state index in [4.69, 9.17) is 14.2 Å². The summed E-state index contributed by atoms with van der Waals surface area (Å²) in [7, 11) is 0. The molecule has 0 bridgehead atoms. The molecule has 0 aromatic heterocycles. The SMILES string of the molecule is O=C(NCC1CCCO1)c1ccccc1OCC1CCCO1. The Bertz CT molecular complexity index is 493. The van der Waals surface area contributed by atoms with Gasteiger partial charge >= 0.3 is 0 Å². The zero-order valence-corrected chi connectivity index (χ0v) is 12.8. The molecule has 0 saturated carbocycles. The molecule has 22 heavy (non-hydrogen) atoms. The van der Waals surface area contributed by atoms with Crippen molar-refractivity contribution in [2.45, 2.75) is 37.9 Å². The molecular formula is C17H23NO4. The summed E-state index contributed by atoms with van der Waals surface area (Å²) in [6.45, 7) is 2.65. The molecule has 5 nitrogen and oxygen atoms in total. The highest BCUT2D eigenvalue weighted by Gasteiger charge is 2.20. The van der Waals surface area contributed by atoms with Gasteiger partial charge in [-0.1, -0.05) is 12.1 Å². The van der Waals surface area contributed by atoms with Gasteiger partial charge in [-0.05, 0) is 37.8 Å². The lowest BCUT2D eigenvalue weighted by Gasteiger charge is -2.15. The van der Waals surface area contributed by atoms with Crippen molar-refractivity contribution in [1.29, 1.82) is 0 Å². The van der Waals surface area contributed by atoms with Gasteiger partial charge in [0.25, 0.3) is 5.91 Å². The third-order valence-corrected chi connectivity index (χ3v) is 4.09. The van der Waals surface area contributed by atoms with Crippen molar-refractivity contribution < 1.29 is 19.0 Å². The molecule has 2 unspecified atom stereocenters. The lowest BCUT2D eigenvalue weighted by Crippen LogP contribution is -2.32. The number of benzene rings is 1. The van der Waals surface area contributed by atoms with E-state index in [0.717, 1.165) is 38.9 Å². The number of hydrogen-bond acceptors (Lipinski definition) is 4. The Morgan fingerprint density at radius 2 is 1.86 bits per heavy atom. The first-order valence-corrected chi connectivity index (χ1v) is 8.06. The van der Waals surface area contributed by atoms with Gasteiger partial charge in [0.05, 0.1) is 17.8 Å². The summed E-state index contributed by atoms with van der Waals surface area (Å²) in [5, 5.41) is 2.93. The van der Waals surface area contributed by atoms with Crippen LogP contribution in [0.2, 0.25) is 0 Å². The van der Waals surface area contributed by atoms with E-state index in [0.29, 0.717) is 24.5 Å². The number of nitrogens with one attached hydrogen (secondary N) is 1. The van der Waals surface area contributed by atoms with Crippen molar-refractivity contribution >= 4 is 5.91 Å². The number of carbonyl (C=O) groups excluding carboxylic acids is 1. The van der Waals surface area contributed by atoms with Crippen LogP contribution in [-0.2, 0) is 9.47 Å². The Labute approximate surface area is 130 Å². The molecular weight excluding hydrogens is 282 g/mol. The lowest BCUT2D eigenvalue weighted by atomic mass is 10.1. The fourth-order valence-electron chi connectivity index (χ4n) is 2.85. The maximum Gasteiger partial charge on any atom is 0.255 e. The summed E-state index contributed by atoms with van der Waals surface area (Å²) in [4.78, 5) is 12.3. The van der Waals surface area contributed by atoms with Gasteiger partial charge in [0.2, 0.25) is 0 Å². The minimum atomic E-state index is -0.113. The van der Waals surface area contributed by atoms with E-state index in [1.54, 1.807) is 6.07 Å². The van der Waals surface area contributed by atoms with Crippen molar-refractivity contribution in [2.24, 2.45) is 0 Å². The zero-order valence-electron chi connectivity index (χ0n) is 12.8. The summed E-state index contributed by atoms with van der Waals surface area (Å²) >= 11 is 0. The minimum absolute atomic E-state index is 0.113. The van der Waals surface area contributed by atoms with E-state index in [1.807, 2.05) is 18.2 Å². The van der Waals surface area contributed by atoms with Crippen molar-refractivity contribution in [2.75, 3.05) is 26.4 Å². The Hall–Kier alpha value is -1.59. The van der Waals surface area contributed by atoms with Crippen LogP contribution in [-0.4, -0.2) is 44.5 Å². The standard InChI is InChI=1S/C17H23NO4/c19-17(18-11-13-5-3-9-20-13)15-7-1-2-8-16(15)22-12-14-6-4-10-21-14/h1-2,7-8,13-14H,3-6,9-12H2,(H,18,19). The van der Waals surface area contributed by atoms with Crippen LogP contribution in [0, 0.1) is 0 Å². The van der Waals surface area contributed by atoms with Gasteiger partial charge in [-0.3, -0.25) is 4.79 Å². The number of carbonyl (C=O) groups is 1. The normalized spacial score (nSPS) is 24.4. The molecule has 1 aromatic carbocycles. The first kappa shape index (κ1) is 15.3. The Kier molecular flexibility index (Phi) is 5.29. The average molecular weight is 305 g/mol. The van der Waals surface area contributed by atoms with Crippen LogP contribution in [0.5, 0.6) is 5.75 Å². The van der Waals surface area contributed by atoms with Crippen LogP contribution in [0.1, 0.15) is 36.0 Å².